The molecule has 0 atom stereocenters. The van der Waals surface area contributed by atoms with Gasteiger partial charge >= 0.3 is 11.9 Å². The molecular formula is C10H16O5. The molecule has 0 heterocycles. The molecular weight excluding hydrogens is 200 g/mol. The van der Waals surface area contributed by atoms with Crippen molar-refractivity contribution in [3.63, 3.8) is 0 Å². The van der Waals surface area contributed by atoms with Gasteiger partial charge in [-0.25, -0.2) is 4.79 Å². The number of carboxylic acids is 2. The molecule has 2 N–H and O–H groups in total. The van der Waals surface area contributed by atoms with Crippen molar-refractivity contribution in [2.75, 3.05) is 0 Å². The molecule has 0 saturated heterocycles. The van der Waals surface area contributed by atoms with Crippen LogP contribution in [0.15, 0.2) is 0 Å². The van der Waals surface area contributed by atoms with E-state index >= 15 is 0 Å². The van der Waals surface area contributed by atoms with Gasteiger partial charge in [0.25, 0.3) is 5.78 Å². The van der Waals surface area contributed by atoms with Crippen LogP contribution >= 0.6 is 0 Å². The first-order valence-electron chi connectivity index (χ1n) is 4.93. The normalized spacial score (nSPS) is 11.1. The smallest absolute Gasteiger partial charge is 0.373 e. The number of ketones is 1. The van der Waals surface area contributed by atoms with E-state index in [0.717, 1.165) is 0 Å². The summed E-state index contributed by atoms with van der Waals surface area (Å²) in [6.07, 6.45) is 1.07. The van der Waals surface area contributed by atoms with Gasteiger partial charge in [0.2, 0.25) is 0 Å². The molecule has 86 valence electrons. The first-order valence-corrected chi connectivity index (χ1v) is 4.93. The maximum atomic E-state index is 11.4. The number of carboxylic acid groups (broad SMARTS) is 2. The maximum Gasteiger partial charge on any atom is 0.373 e. The molecule has 0 saturated carbocycles. The zero-order valence-electron chi connectivity index (χ0n) is 8.95. The molecule has 0 spiro atoms. The second-order valence-electron chi connectivity index (χ2n) is 3.52. The van der Waals surface area contributed by atoms with Gasteiger partial charge in [0.1, 0.15) is 5.41 Å². The lowest BCUT2D eigenvalue weighted by molar-refractivity contribution is -0.165. The van der Waals surface area contributed by atoms with Crippen LogP contribution in [0.25, 0.3) is 0 Å². The van der Waals surface area contributed by atoms with Gasteiger partial charge in [-0.3, -0.25) is 9.59 Å². The number of carbonyl (C=O) groups is 3. The third-order valence-corrected chi connectivity index (χ3v) is 2.39. The van der Waals surface area contributed by atoms with E-state index < -0.39 is 23.1 Å². The molecule has 0 aromatic heterocycles. The van der Waals surface area contributed by atoms with E-state index in [-0.39, 0.29) is 12.8 Å². The number of rotatable bonds is 7. The molecule has 0 bridgehead atoms. The van der Waals surface area contributed by atoms with Crippen LogP contribution in [0.1, 0.15) is 39.5 Å². The first kappa shape index (κ1) is 13.6. The summed E-state index contributed by atoms with van der Waals surface area (Å²) in [5.41, 5.74) is -1.74. The lowest BCUT2D eigenvalue weighted by Crippen LogP contribution is -2.43. The molecule has 15 heavy (non-hydrogen) atoms. The Morgan fingerprint density at radius 3 is 1.60 bits per heavy atom. The van der Waals surface area contributed by atoms with E-state index in [1.54, 1.807) is 13.8 Å². The summed E-state index contributed by atoms with van der Waals surface area (Å²) in [4.78, 5) is 33.1. The Bertz CT molecular complexity index is 263. The molecule has 0 radical (unpaired) electrons. The maximum absolute atomic E-state index is 11.4. The molecule has 0 aliphatic rings. The monoisotopic (exact) mass is 216 g/mol. The summed E-state index contributed by atoms with van der Waals surface area (Å²) < 4.78 is 0. The zero-order chi connectivity index (χ0) is 12.1. The number of aliphatic carboxylic acids is 2. The van der Waals surface area contributed by atoms with Crippen molar-refractivity contribution in [2.24, 2.45) is 5.41 Å². The lowest BCUT2D eigenvalue weighted by Gasteiger charge is -2.24. The molecule has 5 nitrogen and oxygen atoms in total. The van der Waals surface area contributed by atoms with E-state index in [0.29, 0.717) is 12.8 Å². The molecule has 0 fully saturated rings. The molecule has 0 amide bonds. The van der Waals surface area contributed by atoms with Gasteiger partial charge in [0.05, 0.1) is 0 Å². The standard InChI is InChI=1S/C10H16O5/c1-3-5-10(6-4-2,9(14)15)7(11)8(12)13/h3-6H2,1-2H3,(H,12,13)(H,14,15). The van der Waals surface area contributed by atoms with E-state index in [1.807, 2.05) is 0 Å². The van der Waals surface area contributed by atoms with Gasteiger partial charge in [0, 0.05) is 0 Å². The van der Waals surface area contributed by atoms with E-state index in [1.165, 1.54) is 0 Å². The van der Waals surface area contributed by atoms with Crippen LogP contribution in [0.5, 0.6) is 0 Å². The van der Waals surface area contributed by atoms with Crippen molar-refractivity contribution >= 4 is 17.7 Å². The zero-order valence-corrected chi connectivity index (χ0v) is 8.95. The average molecular weight is 216 g/mol. The van der Waals surface area contributed by atoms with Crippen LogP contribution in [0, 0.1) is 5.41 Å². The van der Waals surface area contributed by atoms with Crippen molar-refractivity contribution in [3.05, 3.63) is 0 Å². The summed E-state index contributed by atoms with van der Waals surface area (Å²) in [5.74, 6) is -4.21. The summed E-state index contributed by atoms with van der Waals surface area (Å²) in [6.45, 7) is 3.45. The molecule has 0 aliphatic heterocycles. The van der Waals surface area contributed by atoms with Crippen LogP contribution in [0.2, 0.25) is 0 Å². The number of hydrogen-bond acceptors (Lipinski definition) is 3. The summed E-state index contributed by atoms with van der Waals surface area (Å²) in [5, 5.41) is 17.6. The number of Topliss-reactive ketones (excluding diaryl/α,β-unsaturated/α-hetero) is 1. The Morgan fingerprint density at radius 2 is 1.40 bits per heavy atom. The van der Waals surface area contributed by atoms with Gasteiger partial charge in [-0.05, 0) is 12.8 Å². The highest BCUT2D eigenvalue weighted by Crippen LogP contribution is 2.31. The van der Waals surface area contributed by atoms with Gasteiger partial charge in [-0.2, -0.15) is 0 Å². The van der Waals surface area contributed by atoms with Crippen LogP contribution in [0.3, 0.4) is 0 Å². The van der Waals surface area contributed by atoms with Crippen LogP contribution < -0.4 is 0 Å². The van der Waals surface area contributed by atoms with E-state index in [9.17, 15) is 14.4 Å². The molecule has 0 aromatic carbocycles. The van der Waals surface area contributed by atoms with Crippen molar-refractivity contribution < 1.29 is 24.6 Å². The highest BCUT2D eigenvalue weighted by Gasteiger charge is 2.47. The second kappa shape index (κ2) is 5.48. The highest BCUT2D eigenvalue weighted by atomic mass is 16.4. The SMILES string of the molecule is CCCC(CCC)(C(=O)O)C(=O)C(=O)O. The molecule has 0 aliphatic carbocycles. The summed E-state index contributed by atoms with van der Waals surface area (Å²) in [7, 11) is 0. The third-order valence-electron chi connectivity index (χ3n) is 2.39. The van der Waals surface area contributed by atoms with Crippen LogP contribution in [-0.2, 0) is 14.4 Å². The minimum absolute atomic E-state index is 0.0707. The van der Waals surface area contributed by atoms with Crippen molar-refractivity contribution in [3.8, 4) is 0 Å². The third kappa shape index (κ3) is 2.78. The number of carbonyl (C=O) groups excluding carboxylic acids is 1. The van der Waals surface area contributed by atoms with E-state index in [4.69, 9.17) is 10.2 Å². The van der Waals surface area contributed by atoms with Crippen molar-refractivity contribution in [1.82, 2.24) is 0 Å². The first-order chi connectivity index (χ1) is 6.92. The minimum atomic E-state index is -1.74. The fraction of sp³-hybridized carbons (Fsp3) is 0.700. The average Bonchev–Trinajstić information content (AvgIpc) is 2.15. The largest absolute Gasteiger partial charge is 0.480 e. The topological polar surface area (TPSA) is 91.7 Å². The fourth-order valence-electron chi connectivity index (χ4n) is 1.72. The molecule has 0 unspecified atom stereocenters. The highest BCUT2D eigenvalue weighted by molar-refractivity contribution is 6.38. The molecule has 5 heteroatoms. The lowest BCUT2D eigenvalue weighted by atomic mass is 9.75. The predicted octanol–water partition coefficient (Wildman–Crippen LogP) is 1.31. The Balaban J connectivity index is 5.19. The summed E-state index contributed by atoms with van der Waals surface area (Å²) >= 11 is 0. The fourth-order valence-corrected chi connectivity index (χ4v) is 1.72. The van der Waals surface area contributed by atoms with Crippen molar-refractivity contribution in [1.29, 1.82) is 0 Å². The van der Waals surface area contributed by atoms with Gasteiger partial charge in [0.15, 0.2) is 0 Å². The van der Waals surface area contributed by atoms with Gasteiger partial charge < -0.3 is 10.2 Å². The van der Waals surface area contributed by atoms with Crippen LogP contribution in [0.4, 0.5) is 0 Å². The molecule has 0 aromatic rings. The van der Waals surface area contributed by atoms with Crippen LogP contribution in [-0.4, -0.2) is 27.9 Å². The van der Waals surface area contributed by atoms with Gasteiger partial charge in [-0.1, -0.05) is 26.7 Å². The Morgan fingerprint density at radius 1 is 1.00 bits per heavy atom. The van der Waals surface area contributed by atoms with Gasteiger partial charge in [-0.15, -0.1) is 0 Å². The predicted molar refractivity (Wildman–Crippen MR) is 52.5 cm³/mol. The Hall–Kier alpha value is -1.39. The second-order valence-corrected chi connectivity index (χ2v) is 3.52. The Labute approximate surface area is 88.1 Å². The summed E-state index contributed by atoms with van der Waals surface area (Å²) in [6, 6.07) is 0. The number of hydrogen-bond donors (Lipinski definition) is 2. The minimum Gasteiger partial charge on any atom is -0.480 e. The molecule has 0 rings (SSSR count). The van der Waals surface area contributed by atoms with E-state index in [2.05, 4.69) is 0 Å². The quantitative estimate of drug-likeness (QED) is 0.494. The Kier molecular flexibility index (Phi) is 4.97. The van der Waals surface area contributed by atoms with Crippen molar-refractivity contribution in [2.45, 2.75) is 39.5 Å².